The number of nitrogens with zero attached hydrogens (tertiary/aromatic N) is 2. The first-order chi connectivity index (χ1) is 10.1. The molecule has 1 aromatic heterocycles. The molecule has 0 spiro atoms. The maximum Gasteiger partial charge on any atom is 0.238 e. The number of likely N-dealkylation sites (N-methyl/N-ethyl adjacent to an activating group) is 1. The molecule has 0 radical (unpaired) electrons. The van der Waals surface area contributed by atoms with Crippen molar-refractivity contribution in [2.24, 2.45) is 0 Å². The van der Waals surface area contributed by atoms with E-state index < -0.39 is 0 Å². The molecule has 5 nitrogen and oxygen atoms in total. The van der Waals surface area contributed by atoms with Crippen LogP contribution in [-0.4, -0.2) is 29.5 Å². The number of nitrogens with one attached hydrogen (secondary N) is 2. The second kappa shape index (κ2) is 7.19. The monoisotopic (exact) mass is 302 g/mol. The average Bonchev–Trinajstić information content (AvgIpc) is 2.40. The van der Waals surface area contributed by atoms with Gasteiger partial charge >= 0.3 is 0 Å². The third-order valence-electron chi connectivity index (χ3n) is 2.65. The number of aryl methyl sites for hydroxylation is 2. The Morgan fingerprint density at radius 3 is 2.33 bits per heavy atom. The molecule has 0 atom stereocenters. The molecule has 0 aliphatic carbocycles. The lowest BCUT2D eigenvalue weighted by molar-refractivity contribution is -0.115. The number of hydrogen-bond acceptors (Lipinski definition) is 5. The summed E-state index contributed by atoms with van der Waals surface area (Å²) in [6.07, 6.45) is 0. The van der Waals surface area contributed by atoms with Crippen LogP contribution >= 0.6 is 11.8 Å². The van der Waals surface area contributed by atoms with Crippen LogP contribution in [-0.2, 0) is 4.79 Å². The Morgan fingerprint density at radius 2 is 1.76 bits per heavy atom. The van der Waals surface area contributed by atoms with E-state index in [1.807, 2.05) is 44.2 Å². The Balaban J connectivity index is 2.03. The fourth-order valence-corrected chi connectivity index (χ4v) is 2.68. The van der Waals surface area contributed by atoms with Crippen molar-refractivity contribution < 1.29 is 4.79 Å². The van der Waals surface area contributed by atoms with Crippen LogP contribution in [0.25, 0.3) is 0 Å². The maximum absolute atomic E-state index is 11.5. The zero-order chi connectivity index (χ0) is 15.2. The van der Waals surface area contributed by atoms with Crippen molar-refractivity contribution >= 4 is 23.4 Å². The number of amides is 1. The van der Waals surface area contributed by atoms with Gasteiger partial charge in [0.15, 0.2) is 5.16 Å². The standard InChI is InChI=1S/C15H18N4OS/c1-10-8-11(2)18-15(17-10)21-13-6-4-12(5-7-13)19-14(20)9-16-3/h4-8,16H,9H2,1-3H3,(H,19,20). The van der Waals surface area contributed by atoms with Gasteiger partial charge in [-0.2, -0.15) is 0 Å². The highest BCUT2D eigenvalue weighted by Crippen LogP contribution is 2.26. The van der Waals surface area contributed by atoms with Gasteiger partial charge in [-0.1, -0.05) is 0 Å². The van der Waals surface area contributed by atoms with E-state index in [0.717, 1.165) is 27.1 Å². The summed E-state index contributed by atoms with van der Waals surface area (Å²) in [6, 6.07) is 9.59. The van der Waals surface area contributed by atoms with Gasteiger partial charge in [0.1, 0.15) is 0 Å². The molecule has 1 heterocycles. The Kier molecular flexibility index (Phi) is 5.30. The largest absolute Gasteiger partial charge is 0.325 e. The molecule has 0 aliphatic heterocycles. The lowest BCUT2D eigenvalue weighted by Gasteiger charge is -2.06. The zero-order valence-corrected chi connectivity index (χ0v) is 13.1. The van der Waals surface area contributed by atoms with Gasteiger partial charge in [0.2, 0.25) is 5.91 Å². The summed E-state index contributed by atoms with van der Waals surface area (Å²) in [7, 11) is 1.74. The summed E-state index contributed by atoms with van der Waals surface area (Å²) in [5.41, 5.74) is 2.70. The quantitative estimate of drug-likeness (QED) is 0.830. The molecular weight excluding hydrogens is 284 g/mol. The smallest absolute Gasteiger partial charge is 0.238 e. The van der Waals surface area contributed by atoms with Gasteiger partial charge in [0, 0.05) is 22.0 Å². The topological polar surface area (TPSA) is 66.9 Å². The zero-order valence-electron chi connectivity index (χ0n) is 12.3. The summed E-state index contributed by atoms with van der Waals surface area (Å²) in [5.74, 6) is -0.0597. The maximum atomic E-state index is 11.5. The first-order valence-corrected chi connectivity index (χ1v) is 7.43. The number of aromatic nitrogens is 2. The summed E-state index contributed by atoms with van der Waals surface area (Å²) in [4.78, 5) is 21.3. The molecule has 0 bridgehead atoms. The average molecular weight is 302 g/mol. The molecule has 21 heavy (non-hydrogen) atoms. The van der Waals surface area contributed by atoms with E-state index in [2.05, 4.69) is 20.6 Å². The van der Waals surface area contributed by atoms with E-state index in [1.54, 1.807) is 7.05 Å². The minimum atomic E-state index is -0.0597. The van der Waals surface area contributed by atoms with Crippen molar-refractivity contribution in [1.29, 1.82) is 0 Å². The number of carbonyl (C=O) groups excluding carboxylic acids is 1. The number of carbonyl (C=O) groups is 1. The summed E-state index contributed by atoms with van der Waals surface area (Å²) in [5, 5.41) is 6.36. The second-order valence-corrected chi connectivity index (χ2v) is 5.68. The van der Waals surface area contributed by atoms with Gasteiger partial charge < -0.3 is 10.6 Å². The van der Waals surface area contributed by atoms with Gasteiger partial charge in [-0.05, 0) is 63.0 Å². The molecule has 0 aliphatic rings. The van der Waals surface area contributed by atoms with Crippen molar-refractivity contribution in [3.8, 4) is 0 Å². The van der Waals surface area contributed by atoms with E-state index in [1.165, 1.54) is 11.8 Å². The Labute approximate surface area is 128 Å². The molecule has 0 unspecified atom stereocenters. The van der Waals surface area contributed by atoms with Gasteiger partial charge in [-0.3, -0.25) is 4.79 Å². The van der Waals surface area contributed by atoms with E-state index in [9.17, 15) is 4.79 Å². The normalized spacial score (nSPS) is 10.4. The Bertz CT molecular complexity index is 608. The van der Waals surface area contributed by atoms with Crippen molar-refractivity contribution in [2.75, 3.05) is 18.9 Å². The number of anilines is 1. The van der Waals surface area contributed by atoms with Crippen LogP contribution in [0.15, 0.2) is 40.4 Å². The SMILES string of the molecule is CNCC(=O)Nc1ccc(Sc2nc(C)cc(C)n2)cc1. The molecule has 0 fully saturated rings. The second-order valence-electron chi connectivity index (χ2n) is 4.64. The Morgan fingerprint density at radius 1 is 1.14 bits per heavy atom. The minimum absolute atomic E-state index is 0.0597. The first-order valence-electron chi connectivity index (χ1n) is 6.61. The van der Waals surface area contributed by atoms with Crippen LogP contribution in [0.1, 0.15) is 11.4 Å². The molecule has 6 heteroatoms. The predicted molar refractivity (Wildman–Crippen MR) is 84.6 cm³/mol. The molecule has 2 N–H and O–H groups in total. The highest BCUT2D eigenvalue weighted by Gasteiger charge is 2.04. The molecule has 0 saturated carbocycles. The van der Waals surface area contributed by atoms with E-state index in [-0.39, 0.29) is 5.91 Å². The van der Waals surface area contributed by atoms with Gasteiger partial charge in [-0.25, -0.2) is 9.97 Å². The first kappa shape index (κ1) is 15.5. The summed E-state index contributed by atoms with van der Waals surface area (Å²) < 4.78 is 0. The van der Waals surface area contributed by atoms with Gasteiger partial charge in [-0.15, -0.1) is 0 Å². The molecule has 1 aromatic carbocycles. The highest BCUT2D eigenvalue weighted by molar-refractivity contribution is 7.99. The van der Waals surface area contributed by atoms with E-state index >= 15 is 0 Å². The highest BCUT2D eigenvalue weighted by atomic mass is 32.2. The van der Waals surface area contributed by atoms with Gasteiger partial charge in [0.25, 0.3) is 0 Å². The van der Waals surface area contributed by atoms with Crippen LogP contribution in [0.4, 0.5) is 5.69 Å². The van der Waals surface area contributed by atoms with Crippen LogP contribution in [0, 0.1) is 13.8 Å². The summed E-state index contributed by atoms with van der Waals surface area (Å²) >= 11 is 1.51. The summed E-state index contributed by atoms with van der Waals surface area (Å²) in [6.45, 7) is 4.21. The van der Waals surface area contributed by atoms with Crippen LogP contribution in [0.2, 0.25) is 0 Å². The number of benzene rings is 1. The molecule has 110 valence electrons. The van der Waals surface area contributed by atoms with Crippen molar-refractivity contribution in [3.63, 3.8) is 0 Å². The number of rotatable bonds is 5. The minimum Gasteiger partial charge on any atom is -0.325 e. The fraction of sp³-hybridized carbons (Fsp3) is 0.267. The molecular formula is C15H18N4OS. The predicted octanol–water partition coefficient (Wildman–Crippen LogP) is 2.40. The van der Waals surface area contributed by atoms with Gasteiger partial charge in [0.05, 0.1) is 6.54 Å². The van der Waals surface area contributed by atoms with Crippen molar-refractivity contribution in [3.05, 3.63) is 41.7 Å². The lowest BCUT2D eigenvalue weighted by atomic mass is 10.3. The number of hydrogen-bond donors (Lipinski definition) is 2. The molecule has 1 amide bonds. The molecule has 2 rings (SSSR count). The molecule has 2 aromatic rings. The molecule has 0 saturated heterocycles. The third-order valence-corrected chi connectivity index (χ3v) is 3.52. The van der Waals surface area contributed by atoms with Crippen LogP contribution < -0.4 is 10.6 Å². The van der Waals surface area contributed by atoms with Crippen LogP contribution in [0.3, 0.4) is 0 Å². The third kappa shape index (κ3) is 4.84. The fourth-order valence-electron chi connectivity index (χ4n) is 1.82. The Hall–Kier alpha value is -1.92. The van der Waals surface area contributed by atoms with E-state index in [4.69, 9.17) is 0 Å². The lowest BCUT2D eigenvalue weighted by Crippen LogP contribution is -2.24. The van der Waals surface area contributed by atoms with Crippen molar-refractivity contribution in [2.45, 2.75) is 23.9 Å². The van der Waals surface area contributed by atoms with Crippen molar-refractivity contribution in [1.82, 2.24) is 15.3 Å². The van der Waals surface area contributed by atoms with Crippen LogP contribution in [0.5, 0.6) is 0 Å². The van der Waals surface area contributed by atoms with E-state index in [0.29, 0.717) is 6.54 Å².